The summed E-state index contributed by atoms with van der Waals surface area (Å²) in [7, 11) is 4.19. The summed E-state index contributed by atoms with van der Waals surface area (Å²) in [6, 6.07) is 10.9. The number of aliphatic imine (C=N–C) groups is 1. The third kappa shape index (κ3) is 5.21. The van der Waals surface area contributed by atoms with E-state index in [9.17, 15) is 0 Å². The highest BCUT2D eigenvalue weighted by atomic mass is 15.2. The molecule has 0 heterocycles. The van der Waals surface area contributed by atoms with Gasteiger partial charge in [-0.3, -0.25) is 4.99 Å². The standard InChI is InChI=1S/C16H28N4/c1-5-20(6-2)16(17)18-13-15(19(3)4)12-14-10-8-7-9-11-14/h7-11,15H,5-6,12-13H2,1-4H3,(H2,17,18). The Morgan fingerprint density at radius 2 is 1.75 bits per heavy atom. The molecule has 1 unspecified atom stereocenters. The van der Waals surface area contributed by atoms with Crippen LogP contribution in [0.2, 0.25) is 0 Å². The Balaban J connectivity index is 2.66. The molecule has 20 heavy (non-hydrogen) atoms. The first kappa shape index (κ1) is 16.5. The summed E-state index contributed by atoms with van der Waals surface area (Å²) in [5, 5.41) is 0. The van der Waals surface area contributed by atoms with Gasteiger partial charge >= 0.3 is 0 Å². The zero-order chi connectivity index (χ0) is 15.0. The quantitative estimate of drug-likeness (QED) is 0.610. The molecule has 0 aromatic heterocycles. The fourth-order valence-corrected chi connectivity index (χ4v) is 2.14. The van der Waals surface area contributed by atoms with E-state index in [-0.39, 0.29) is 0 Å². The van der Waals surface area contributed by atoms with Crippen LogP contribution in [-0.4, -0.2) is 55.5 Å². The lowest BCUT2D eigenvalue weighted by Crippen LogP contribution is -2.39. The number of hydrogen-bond donors (Lipinski definition) is 1. The molecule has 2 N–H and O–H groups in total. The van der Waals surface area contributed by atoms with Crippen molar-refractivity contribution in [3.63, 3.8) is 0 Å². The third-order valence-electron chi connectivity index (χ3n) is 3.60. The molecule has 0 amide bonds. The van der Waals surface area contributed by atoms with Crippen LogP contribution in [0.25, 0.3) is 0 Å². The topological polar surface area (TPSA) is 44.9 Å². The maximum atomic E-state index is 6.04. The van der Waals surface area contributed by atoms with Gasteiger partial charge in [-0.1, -0.05) is 30.3 Å². The van der Waals surface area contributed by atoms with Gasteiger partial charge in [0.15, 0.2) is 5.96 Å². The second-order valence-corrected chi connectivity index (χ2v) is 5.18. The van der Waals surface area contributed by atoms with Crippen LogP contribution in [0.15, 0.2) is 35.3 Å². The van der Waals surface area contributed by atoms with Crippen LogP contribution >= 0.6 is 0 Å². The van der Waals surface area contributed by atoms with E-state index >= 15 is 0 Å². The molecule has 0 radical (unpaired) electrons. The van der Waals surface area contributed by atoms with E-state index in [0.717, 1.165) is 26.1 Å². The number of benzene rings is 1. The van der Waals surface area contributed by atoms with E-state index in [0.29, 0.717) is 12.0 Å². The Bertz CT molecular complexity index is 396. The van der Waals surface area contributed by atoms with Crippen LogP contribution in [0.1, 0.15) is 19.4 Å². The van der Waals surface area contributed by atoms with Crippen molar-refractivity contribution in [1.29, 1.82) is 0 Å². The summed E-state index contributed by atoms with van der Waals surface area (Å²) < 4.78 is 0. The van der Waals surface area contributed by atoms with Crippen molar-refractivity contribution in [1.82, 2.24) is 9.80 Å². The van der Waals surface area contributed by atoms with Gasteiger partial charge in [-0.2, -0.15) is 0 Å². The minimum atomic E-state index is 0.367. The normalized spacial score (nSPS) is 13.6. The lowest BCUT2D eigenvalue weighted by atomic mass is 10.1. The minimum absolute atomic E-state index is 0.367. The average molecular weight is 276 g/mol. The Kier molecular flexibility index (Phi) is 7.09. The molecule has 1 aromatic carbocycles. The van der Waals surface area contributed by atoms with Crippen molar-refractivity contribution in [2.75, 3.05) is 33.7 Å². The second kappa shape index (κ2) is 8.59. The predicted molar refractivity (Wildman–Crippen MR) is 87.0 cm³/mol. The van der Waals surface area contributed by atoms with Gasteiger partial charge in [0.05, 0.1) is 6.54 Å². The number of nitrogens with two attached hydrogens (primary N) is 1. The smallest absolute Gasteiger partial charge is 0.191 e. The molecular formula is C16H28N4. The zero-order valence-electron chi connectivity index (χ0n) is 13.2. The summed E-state index contributed by atoms with van der Waals surface area (Å²) in [6.45, 7) is 6.72. The first-order valence-electron chi connectivity index (χ1n) is 7.33. The number of rotatable bonds is 7. The van der Waals surface area contributed by atoms with Gasteiger partial charge in [0.2, 0.25) is 0 Å². The summed E-state index contributed by atoms with van der Waals surface area (Å²) in [6.07, 6.45) is 0.989. The maximum Gasteiger partial charge on any atom is 0.191 e. The number of likely N-dealkylation sites (N-methyl/N-ethyl adjacent to an activating group) is 1. The minimum Gasteiger partial charge on any atom is -0.370 e. The Morgan fingerprint density at radius 3 is 2.25 bits per heavy atom. The first-order chi connectivity index (χ1) is 9.58. The highest BCUT2D eigenvalue weighted by molar-refractivity contribution is 5.78. The van der Waals surface area contributed by atoms with Gasteiger partial charge in [0.25, 0.3) is 0 Å². The molecule has 112 valence electrons. The fourth-order valence-electron chi connectivity index (χ4n) is 2.14. The van der Waals surface area contributed by atoms with Gasteiger partial charge in [-0.05, 0) is 39.9 Å². The summed E-state index contributed by atoms with van der Waals surface area (Å²) >= 11 is 0. The molecule has 1 aromatic rings. The Labute approximate surface area is 123 Å². The molecular weight excluding hydrogens is 248 g/mol. The van der Waals surface area contributed by atoms with Crippen molar-refractivity contribution >= 4 is 5.96 Å². The van der Waals surface area contributed by atoms with Crippen molar-refractivity contribution in [3.8, 4) is 0 Å². The Morgan fingerprint density at radius 1 is 1.15 bits per heavy atom. The monoisotopic (exact) mass is 276 g/mol. The summed E-state index contributed by atoms with van der Waals surface area (Å²) in [5.41, 5.74) is 7.37. The molecule has 0 bridgehead atoms. The molecule has 0 fully saturated rings. The van der Waals surface area contributed by atoms with Gasteiger partial charge in [-0.25, -0.2) is 0 Å². The summed E-state index contributed by atoms with van der Waals surface area (Å²) in [5.74, 6) is 0.648. The van der Waals surface area contributed by atoms with E-state index in [4.69, 9.17) is 5.73 Å². The zero-order valence-corrected chi connectivity index (χ0v) is 13.2. The van der Waals surface area contributed by atoms with E-state index in [1.54, 1.807) is 0 Å². The van der Waals surface area contributed by atoms with E-state index < -0.39 is 0 Å². The molecule has 0 spiro atoms. The predicted octanol–water partition coefficient (Wildman–Crippen LogP) is 1.82. The van der Waals surface area contributed by atoms with Gasteiger partial charge in [0, 0.05) is 19.1 Å². The number of guanidine groups is 1. The molecule has 1 atom stereocenters. The van der Waals surface area contributed by atoms with Crippen molar-refractivity contribution in [2.45, 2.75) is 26.3 Å². The third-order valence-corrected chi connectivity index (χ3v) is 3.60. The average Bonchev–Trinajstić information content (AvgIpc) is 2.45. The molecule has 0 aliphatic heterocycles. The van der Waals surface area contributed by atoms with Crippen molar-refractivity contribution < 1.29 is 0 Å². The van der Waals surface area contributed by atoms with Gasteiger partial charge in [0.1, 0.15) is 0 Å². The number of hydrogen-bond acceptors (Lipinski definition) is 2. The van der Waals surface area contributed by atoms with Crippen LogP contribution < -0.4 is 5.73 Å². The van der Waals surface area contributed by atoms with Gasteiger partial charge < -0.3 is 15.5 Å². The fraction of sp³-hybridized carbons (Fsp3) is 0.562. The first-order valence-corrected chi connectivity index (χ1v) is 7.33. The lowest BCUT2D eigenvalue weighted by Gasteiger charge is -2.24. The Hall–Kier alpha value is -1.55. The molecule has 0 saturated heterocycles. The molecule has 0 aliphatic rings. The van der Waals surface area contributed by atoms with Crippen molar-refractivity contribution in [2.24, 2.45) is 10.7 Å². The maximum absolute atomic E-state index is 6.04. The molecule has 4 nitrogen and oxygen atoms in total. The SMILES string of the molecule is CCN(CC)C(N)=NCC(Cc1ccccc1)N(C)C. The van der Waals surface area contributed by atoms with Crippen LogP contribution in [0.4, 0.5) is 0 Å². The molecule has 1 rings (SSSR count). The van der Waals surface area contributed by atoms with Crippen LogP contribution in [-0.2, 0) is 6.42 Å². The van der Waals surface area contributed by atoms with Crippen LogP contribution in [0, 0.1) is 0 Å². The lowest BCUT2D eigenvalue weighted by molar-refractivity contribution is 0.297. The van der Waals surface area contributed by atoms with Crippen LogP contribution in [0.3, 0.4) is 0 Å². The highest BCUT2D eigenvalue weighted by Gasteiger charge is 2.12. The highest BCUT2D eigenvalue weighted by Crippen LogP contribution is 2.07. The number of nitrogens with zero attached hydrogens (tertiary/aromatic N) is 3. The molecule has 0 saturated carbocycles. The summed E-state index contributed by atoms with van der Waals surface area (Å²) in [4.78, 5) is 8.86. The van der Waals surface area contributed by atoms with E-state index in [1.165, 1.54) is 5.56 Å². The van der Waals surface area contributed by atoms with Crippen LogP contribution in [0.5, 0.6) is 0 Å². The van der Waals surface area contributed by atoms with E-state index in [2.05, 4.69) is 67.0 Å². The van der Waals surface area contributed by atoms with Gasteiger partial charge in [-0.15, -0.1) is 0 Å². The van der Waals surface area contributed by atoms with Crippen molar-refractivity contribution in [3.05, 3.63) is 35.9 Å². The largest absolute Gasteiger partial charge is 0.370 e. The molecule has 4 heteroatoms. The molecule has 0 aliphatic carbocycles. The second-order valence-electron chi connectivity index (χ2n) is 5.18. The van der Waals surface area contributed by atoms with E-state index in [1.807, 2.05) is 6.07 Å².